The minimum atomic E-state index is -1.29. The van der Waals surface area contributed by atoms with E-state index in [1.165, 1.54) is 26.5 Å². The number of ether oxygens (including phenoxy) is 2. The average molecular weight is 256 g/mol. The van der Waals surface area contributed by atoms with Crippen molar-refractivity contribution in [2.45, 2.75) is 18.6 Å². The Kier molecular flexibility index (Phi) is 4.87. The molecule has 7 nitrogen and oxygen atoms in total. The number of nitrogens with two attached hydrogens (primary N) is 1. The topological polar surface area (TPSA) is 115 Å². The molecular weight excluding hydrogens is 240 g/mol. The second kappa shape index (κ2) is 6.18. The van der Waals surface area contributed by atoms with Gasteiger partial charge in [-0.15, -0.1) is 0 Å². The van der Waals surface area contributed by atoms with Crippen LogP contribution in [0.4, 0.5) is 5.69 Å². The number of hydrogen-bond acceptors (Lipinski definition) is 7. The normalized spacial score (nSPS) is 13.8. The number of nitrogen functional groups attached to an aromatic ring is 1. The molecule has 0 spiro atoms. The summed E-state index contributed by atoms with van der Waals surface area (Å²) in [6.07, 6.45) is -1.55. The quantitative estimate of drug-likeness (QED) is 0.615. The van der Waals surface area contributed by atoms with Gasteiger partial charge in [0.05, 0.1) is 32.4 Å². The lowest BCUT2D eigenvalue weighted by molar-refractivity contribution is -0.144. The fourth-order valence-electron chi connectivity index (χ4n) is 1.41. The van der Waals surface area contributed by atoms with Crippen molar-refractivity contribution < 1.29 is 24.5 Å². The fourth-order valence-corrected chi connectivity index (χ4v) is 1.41. The van der Waals surface area contributed by atoms with E-state index in [2.05, 4.69) is 9.72 Å². The van der Waals surface area contributed by atoms with Gasteiger partial charge in [-0.2, -0.15) is 0 Å². The first-order valence-electron chi connectivity index (χ1n) is 5.22. The molecule has 0 aliphatic carbocycles. The van der Waals surface area contributed by atoms with Crippen LogP contribution < -0.4 is 10.5 Å². The molecule has 0 bridgehead atoms. The van der Waals surface area contributed by atoms with Gasteiger partial charge >= 0.3 is 5.97 Å². The summed E-state index contributed by atoms with van der Waals surface area (Å²) >= 11 is 0. The van der Waals surface area contributed by atoms with Crippen molar-refractivity contribution in [2.24, 2.45) is 0 Å². The number of aliphatic hydroxyl groups is 2. The van der Waals surface area contributed by atoms with Gasteiger partial charge in [-0.1, -0.05) is 0 Å². The Balaban J connectivity index is 2.80. The maximum absolute atomic E-state index is 11.0. The van der Waals surface area contributed by atoms with Crippen LogP contribution in [0.1, 0.15) is 18.1 Å². The van der Waals surface area contributed by atoms with Crippen LogP contribution in [-0.4, -0.2) is 41.5 Å². The monoisotopic (exact) mass is 256 g/mol. The van der Waals surface area contributed by atoms with Gasteiger partial charge in [-0.25, -0.2) is 4.98 Å². The molecule has 100 valence electrons. The summed E-state index contributed by atoms with van der Waals surface area (Å²) in [6, 6.07) is 1.43. The van der Waals surface area contributed by atoms with E-state index < -0.39 is 18.2 Å². The summed E-state index contributed by atoms with van der Waals surface area (Å²) in [7, 11) is 2.62. The van der Waals surface area contributed by atoms with Gasteiger partial charge in [0.25, 0.3) is 0 Å². The first kappa shape index (κ1) is 14.2. The second-order valence-electron chi connectivity index (χ2n) is 3.66. The number of carbonyl (C=O) groups excluding carboxylic acids is 1. The van der Waals surface area contributed by atoms with E-state index in [1.54, 1.807) is 0 Å². The predicted molar refractivity (Wildman–Crippen MR) is 62.8 cm³/mol. The molecule has 7 heteroatoms. The lowest BCUT2D eigenvalue weighted by atomic mass is 10.0. The fraction of sp³-hybridized carbons (Fsp3) is 0.455. The summed E-state index contributed by atoms with van der Waals surface area (Å²) in [6.45, 7) is 0. The Hall–Kier alpha value is -1.86. The number of nitrogens with zero attached hydrogens (tertiary/aromatic N) is 1. The summed E-state index contributed by atoms with van der Waals surface area (Å²) in [5, 5.41) is 19.5. The molecule has 1 aromatic rings. The van der Waals surface area contributed by atoms with Gasteiger partial charge in [-0.3, -0.25) is 4.79 Å². The van der Waals surface area contributed by atoms with Gasteiger partial charge < -0.3 is 25.4 Å². The number of pyridine rings is 1. The van der Waals surface area contributed by atoms with E-state index in [-0.39, 0.29) is 18.0 Å². The number of hydrogen-bond donors (Lipinski definition) is 3. The molecule has 0 amide bonds. The Morgan fingerprint density at radius 1 is 1.50 bits per heavy atom. The standard InChI is InChI=1S/C11H16N2O5/c1-17-9(15)4-8(14)10(16)6-3-7(12)11(18-2)13-5-6/h3,5,8,10,14,16H,4,12H2,1-2H3. The zero-order chi connectivity index (χ0) is 13.7. The van der Waals surface area contributed by atoms with E-state index >= 15 is 0 Å². The Morgan fingerprint density at radius 3 is 2.67 bits per heavy atom. The van der Waals surface area contributed by atoms with E-state index in [4.69, 9.17) is 10.5 Å². The highest BCUT2D eigenvalue weighted by molar-refractivity contribution is 5.69. The first-order valence-corrected chi connectivity index (χ1v) is 5.22. The Bertz CT molecular complexity index is 424. The molecule has 0 saturated heterocycles. The third kappa shape index (κ3) is 3.31. The highest BCUT2D eigenvalue weighted by Crippen LogP contribution is 2.25. The predicted octanol–water partition coefficient (Wildman–Crippen LogP) is -0.370. The number of aliphatic hydroxyl groups excluding tert-OH is 2. The molecule has 1 rings (SSSR count). The minimum Gasteiger partial charge on any atom is -0.480 e. The summed E-state index contributed by atoms with van der Waals surface area (Å²) in [5.41, 5.74) is 6.16. The number of rotatable bonds is 5. The Morgan fingerprint density at radius 2 is 2.17 bits per heavy atom. The maximum Gasteiger partial charge on any atom is 0.308 e. The van der Waals surface area contributed by atoms with Crippen molar-refractivity contribution in [2.75, 3.05) is 20.0 Å². The van der Waals surface area contributed by atoms with Gasteiger partial charge in [-0.05, 0) is 6.07 Å². The number of aromatic nitrogens is 1. The van der Waals surface area contributed by atoms with E-state index in [9.17, 15) is 15.0 Å². The lowest BCUT2D eigenvalue weighted by Crippen LogP contribution is -2.22. The Labute approximate surface area is 104 Å². The molecule has 2 atom stereocenters. The van der Waals surface area contributed by atoms with E-state index in [1.807, 2.05) is 0 Å². The summed E-state index contributed by atoms with van der Waals surface area (Å²) in [4.78, 5) is 14.8. The largest absolute Gasteiger partial charge is 0.480 e. The second-order valence-corrected chi connectivity index (χ2v) is 3.66. The molecule has 2 unspecified atom stereocenters. The van der Waals surface area contributed by atoms with Crippen molar-refractivity contribution in [3.63, 3.8) is 0 Å². The third-order valence-electron chi connectivity index (χ3n) is 2.40. The summed E-state index contributed by atoms with van der Waals surface area (Å²) < 4.78 is 9.26. The summed E-state index contributed by atoms with van der Waals surface area (Å²) in [5.74, 6) is -0.385. The van der Waals surface area contributed by atoms with Crippen LogP contribution in [0, 0.1) is 0 Å². The molecule has 1 aromatic heterocycles. The zero-order valence-electron chi connectivity index (χ0n) is 10.2. The molecule has 0 aliphatic rings. The first-order chi connectivity index (χ1) is 8.49. The van der Waals surface area contributed by atoms with Gasteiger partial charge in [0.15, 0.2) is 0 Å². The average Bonchev–Trinajstić information content (AvgIpc) is 2.37. The smallest absolute Gasteiger partial charge is 0.308 e. The van der Waals surface area contributed by atoms with Crippen molar-refractivity contribution in [3.8, 4) is 5.88 Å². The van der Waals surface area contributed by atoms with Gasteiger partial charge in [0, 0.05) is 11.8 Å². The third-order valence-corrected chi connectivity index (χ3v) is 2.40. The van der Waals surface area contributed by atoms with Crippen LogP contribution in [0.25, 0.3) is 0 Å². The van der Waals surface area contributed by atoms with Crippen LogP contribution in [0.15, 0.2) is 12.3 Å². The molecule has 18 heavy (non-hydrogen) atoms. The van der Waals surface area contributed by atoms with Crippen molar-refractivity contribution in [1.82, 2.24) is 4.98 Å². The van der Waals surface area contributed by atoms with Crippen LogP contribution >= 0.6 is 0 Å². The van der Waals surface area contributed by atoms with Crippen molar-refractivity contribution >= 4 is 11.7 Å². The molecule has 0 radical (unpaired) electrons. The minimum absolute atomic E-state index is 0.230. The van der Waals surface area contributed by atoms with Gasteiger partial charge in [0.1, 0.15) is 6.10 Å². The molecule has 1 heterocycles. The van der Waals surface area contributed by atoms with Crippen LogP contribution in [0.2, 0.25) is 0 Å². The molecule has 4 N–H and O–H groups in total. The SMILES string of the molecule is COC(=O)CC(O)C(O)c1cnc(OC)c(N)c1. The van der Waals surface area contributed by atoms with Crippen LogP contribution in [0.5, 0.6) is 5.88 Å². The zero-order valence-corrected chi connectivity index (χ0v) is 10.2. The van der Waals surface area contributed by atoms with E-state index in [0.717, 1.165) is 0 Å². The molecule has 0 aliphatic heterocycles. The molecule has 0 fully saturated rings. The highest BCUT2D eigenvalue weighted by atomic mass is 16.5. The number of esters is 1. The van der Waals surface area contributed by atoms with Crippen LogP contribution in [-0.2, 0) is 9.53 Å². The molecule has 0 aromatic carbocycles. The van der Waals surface area contributed by atoms with Crippen molar-refractivity contribution in [1.29, 1.82) is 0 Å². The van der Waals surface area contributed by atoms with Crippen molar-refractivity contribution in [3.05, 3.63) is 17.8 Å². The maximum atomic E-state index is 11.0. The number of carbonyl (C=O) groups is 1. The number of anilines is 1. The number of methoxy groups -OCH3 is 2. The highest BCUT2D eigenvalue weighted by Gasteiger charge is 2.22. The van der Waals surface area contributed by atoms with Gasteiger partial charge in [0.2, 0.25) is 5.88 Å². The van der Waals surface area contributed by atoms with Crippen LogP contribution in [0.3, 0.4) is 0 Å². The molecule has 0 saturated carbocycles. The molecular formula is C11H16N2O5. The van der Waals surface area contributed by atoms with E-state index in [0.29, 0.717) is 5.56 Å². The lowest BCUT2D eigenvalue weighted by Gasteiger charge is -2.17.